The van der Waals surface area contributed by atoms with Crippen molar-refractivity contribution in [1.82, 2.24) is 0 Å². The number of nitrogens with two attached hydrogens (primary N) is 1. The summed E-state index contributed by atoms with van der Waals surface area (Å²) >= 11 is 0. The molecule has 0 aromatic heterocycles. The quantitative estimate of drug-likeness (QED) is 0.822. The van der Waals surface area contributed by atoms with E-state index in [0.717, 1.165) is 6.07 Å². The lowest BCUT2D eigenvalue weighted by Crippen LogP contribution is -2.22. The molecule has 0 aliphatic rings. The molecule has 1 atom stereocenters. The van der Waals surface area contributed by atoms with Crippen molar-refractivity contribution in [1.29, 1.82) is 0 Å². The average Bonchev–Trinajstić information content (AvgIpc) is 2.20. The maximum atomic E-state index is 13.3. The second-order valence-electron chi connectivity index (χ2n) is 3.05. The molecule has 3 N–H and O–H groups in total. The lowest BCUT2D eigenvalue weighted by atomic mass is 10.1. The Morgan fingerprint density at radius 2 is 2.19 bits per heavy atom. The molecule has 0 saturated carbocycles. The van der Waals surface area contributed by atoms with Crippen LogP contribution in [0.4, 0.5) is 8.78 Å². The third-order valence-electron chi connectivity index (χ3n) is 1.93. The highest BCUT2D eigenvalue weighted by Crippen LogP contribution is 2.28. The van der Waals surface area contributed by atoms with Gasteiger partial charge in [-0.1, -0.05) is 0 Å². The van der Waals surface area contributed by atoms with Gasteiger partial charge in [-0.25, -0.2) is 8.78 Å². The molecule has 6 heteroatoms. The monoisotopic (exact) mass is 231 g/mol. The predicted octanol–water partition coefficient (Wildman–Crippen LogP) is 1.45. The van der Waals surface area contributed by atoms with E-state index in [-0.39, 0.29) is 17.9 Å². The molecule has 0 aliphatic heterocycles. The zero-order valence-electron chi connectivity index (χ0n) is 8.54. The van der Waals surface area contributed by atoms with Gasteiger partial charge in [0.2, 0.25) is 0 Å². The summed E-state index contributed by atoms with van der Waals surface area (Å²) in [6, 6.07) is -0.0533. The highest BCUT2D eigenvalue weighted by atomic mass is 19.1. The number of carboxylic acids is 1. The van der Waals surface area contributed by atoms with Crippen LogP contribution in [0.3, 0.4) is 0 Å². The molecule has 0 radical (unpaired) electrons. The van der Waals surface area contributed by atoms with Crippen LogP contribution in [0.5, 0.6) is 5.75 Å². The van der Waals surface area contributed by atoms with Crippen molar-refractivity contribution in [2.24, 2.45) is 5.73 Å². The number of benzene rings is 1. The Hall–Kier alpha value is -1.69. The maximum absolute atomic E-state index is 13.3. The SMILES string of the molecule is CCOc1c(F)cc(F)cc1C(N)C(=O)O. The van der Waals surface area contributed by atoms with Crippen molar-refractivity contribution in [3.8, 4) is 5.75 Å². The molecule has 0 saturated heterocycles. The van der Waals surface area contributed by atoms with Gasteiger partial charge in [-0.2, -0.15) is 0 Å². The normalized spacial score (nSPS) is 12.2. The molecular weight excluding hydrogens is 220 g/mol. The summed E-state index contributed by atoms with van der Waals surface area (Å²) in [4.78, 5) is 10.7. The molecule has 0 spiro atoms. The van der Waals surface area contributed by atoms with Gasteiger partial charge in [-0.3, -0.25) is 4.79 Å². The number of aliphatic carboxylic acids is 1. The van der Waals surface area contributed by atoms with Gasteiger partial charge in [0.15, 0.2) is 11.6 Å². The van der Waals surface area contributed by atoms with Crippen LogP contribution in [0, 0.1) is 11.6 Å². The summed E-state index contributed by atoms with van der Waals surface area (Å²) in [5, 5.41) is 8.68. The Bertz CT molecular complexity index is 409. The van der Waals surface area contributed by atoms with Crippen LogP contribution < -0.4 is 10.5 Å². The van der Waals surface area contributed by atoms with E-state index in [1.54, 1.807) is 6.92 Å². The van der Waals surface area contributed by atoms with Crippen LogP contribution in [-0.2, 0) is 4.79 Å². The van der Waals surface area contributed by atoms with Crippen molar-refractivity contribution in [3.63, 3.8) is 0 Å². The lowest BCUT2D eigenvalue weighted by Gasteiger charge is -2.14. The molecule has 88 valence electrons. The lowest BCUT2D eigenvalue weighted by molar-refractivity contribution is -0.138. The van der Waals surface area contributed by atoms with Gasteiger partial charge in [0.25, 0.3) is 0 Å². The molecule has 0 fully saturated rings. The minimum absolute atomic E-state index is 0.127. The molecule has 1 rings (SSSR count). The Balaban J connectivity index is 3.28. The number of rotatable bonds is 4. The summed E-state index contributed by atoms with van der Waals surface area (Å²) in [5.41, 5.74) is 5.08. The molecule has 0 heterocycles. The highest BCUT2D eigenvalue weighted by Gasteiger charge is 2.22. The smallest absolute Gasteiger partial charge is 0.325 e. The van der Waals surface area contributed by atoms with E-state index in [1.165, 1.54) is 0 Å². The molecule has 4 nitrogen and oxygen atoms in total. The van der Waals surface area contributed by atoms with Crippen molar-refractivity contribution in [3.05, 3.63) is 29.3 Å². The highest BCUT2D eigenvalue weighted by molar-refractivity contribution is 5.76. The van der Waals surface area contributed by atoms with E-state index in [9.17, 15) is 13.6 Å². The van der Waals surface area contributed by atoms with Gasteiger partial charge >= 0.3 is 5.97 Å². The Kier molecular flexibility index (Phi) is 3.78. The van der Waals surface area contributed by atoms with Crippen molar-refractivity contribution in [2.75, 3.05) is 6.61 Å². The molecule has 0 aliphatic carbocycles. The number of carboxylic acid groups (broad SMARTS) is 1. The number of halogens is 2. The predicted molar refractivity (Wildman–Crippen MR) is 52.1 cm³/mol. The molecule has 0 bridgehead atoms. The second-order valence-corrected chi connectivity index (χ2v) is 3.05. The molecule has 1 aromatic carbocycles. The first-order chi connectivity index (χ1) is 7.47. The largest absolute Gasteiger partial charge is 0.490 e. The minimum Gasteiger partial charge on any atom is -0.490 e. The summed E-state index contributed by atoms with van der Waals surface area (Å²) in [6.45, 7) is 1.72. The van der Waals surface area contributed by atoms with Gasteiger partial charge in [-0.15, -0.1) is 0 Å². The molecule has 1 unspecified atom stereocenters. The van der Waals surface area contributed by atoms with E-state index >= 15 is 0 Å². The molecule has 16 heavy (non-hydrogen) atoms. The third-order valence-corrected chi connectivity index (χ3v) is 1.93. The number of hydrogen-bond donors (Lipinski definition) is 2. The fourth-order valence-electron chi connectivity index (χ4n) is 1.24. The number of hydrogen-bond acceptors (Lipinski definition) is 3. The van der Waals surface area contributed by atoms with Crippen LogP contribution in [-0.4, -0.2) is 17.7 Å². The Morgan fingerprint density at radius 1 is 1.56 bits per heavy atom. The van der Waals surface area contributed by atoms with Gasteiger partial charge in [0, 0.05) is 11.6 Å². The van der Waals surface area contributed by atoms with Crippen molar-refractivity contribution < 1.29 is 23.4 Å². The maximum Gasteiger partial charge on any atom is 0.325 e. The Morgan fingerprint density at radius 3 is 2.69 bits per heavy atom. The number of carbonyl (C=O) groups is 1. The van der Waals surface area contributed by atoms with Crippen LogP contribution in [0.15, 0.2) is 12.1 Å². The van der Waals surface area contributed by atoms with Gasteiger partial charge in [0.1, 0.15) is 11.9 Å². The van der Waals surface area contributed by atoms with Gasteiger partial charge < -0.3 is 15.6 Å². The summed E-state index contributed by atoms with van der Waals surface area (Å²) in [5.74, 6) is -3.56. The Labute approximate surface area is 90.6 Å². The zero-order valence-corrected chi connectivity index (χ0v) is 8.54. The minimum atomic E-state index is -1.52. The first-order valence-electron chi connectivity index (χ1n) is 4.57. The first-order valence-corrected chi connectivity index (χ1v) is 4.57. The second kappa shape index (κ2) is 4.89. The number of ether oxygens (including phenoxy) is 1. The van der Waals surface area contributed by atoms with E-state index in [4.69, 9.17) is 15.6 Å². The molecular formula is C10H11F2NO3. The fourth-order valence-corrected chi connectivity index (χ4v) is 1.24. The van der Waals surface area contributed by atoms with Gasteiger partial charge in [0.05, 0.1) is 6.61 Å². The average molecular weight is 231 g/mol. The standard InChI is InChI=1S/C10H11F2NO3/c1-2-16-9-6(8(13)10(14)15)3-5(11)4-7(9)12/h3-4,8H,2,13H2,1H3,(H,14,15). The molecule has 1 aromatic rings. The summed E-state index contributed by atoms with van der Waals surface area (Å²) < 4.78 is 31.1. The fraction of sp³-hybridized carbons (Fsp3) is 0.300. The zero-order chi connectivity index (χ0) is 12.3. The van der Waals surface area contributed by atoms with E-state index in [0.29, 0.717) is 6.07 Å². The topological polar surface area (TPSA) is 72.5 Å². The van der Waals surface area contributed by atoms with Gasteiger partial charge in [-0.05, 0) is 13.0 Å². The van der Waals surface area contributed by atoms with Crippen LogP contribution in [0.25, 0.3) is 0 Å². The van der Waals surface area contributed by atoms with Crippen molar-refractivity contribution >= 4 is 5.97 Å². The summed E-state index contributed by atoms with van der Waals surface area (Å²) in [6.07, 6.45) is 0. The first kappa shape index (κ1) is 12.4. The molecule has 0 amide bonds. The summed E-state index contributed by atoms with van der Waals surface area (Å²) in [7, 11) is 0. The van der Waals surface area contributed by atoms with E-state index < -0.39 is 23.6 Å². The van der Waals surface area contributed by atoms with Crippen molar-refractivity contribution in [2.45, 2.75) is 13.0 Å². The van der Waals surface area contributed by atoms with E-state index in [1.807, 2.05) is 0 Å². The van der Waals surface area contributed by atoms with Crippen LogP contribution in [0.1, 0.15) is 18.5 Å². The third kappa shape index (κ3) is 2.46. The van der Waals surface area contributed by atoms with Crippen LogP contribution >= 0.6 is 0 Å². The van der Waals surface area contributed by atoms with Crippen LogP contribution in [0.2, 0.25) is 0 Å². The van der Waals surface area contributed by atoms with E-state index in [2.05, 4.69) is 0 Å².